The first-order valence-electron chi connectivity index (χ1n) is 5.80. The van der Waals surface area contributed by atoms with Crippen molar-refractivity contribution in [1.82, 2.24) is 5.32 Å². The van der Waals surface area contributed by atoms with Crippen LogP contribution in [0, 0.1) is 6.92 Å². The molecule has 1 aromatic rings. The SMILES string of the molecule is Cc1cccc(OCC2(C(=O)O)CCCN2)c1. The Morgan fingerprint density at radius 2 is 2.41 bits per heavy atom. The molecule has 0 saturated carbocycles. The smallest absolute Gasteiger partial charge is 0.327 e. The molecule has 2 N–H and O–H groups in total. The Morgan fingerprint density at radius 3 is 3.00 bits per heavy atom. The molecule has 1 unspecified atom stereocenters. The Kier molecular flexibility index (Phi) is 3.33. The van der Waals surface area contributed by atoms with Gasteiger partial charge in [0.25, 0.3) is 0 Å². The molecule has 4 nitrogen and oxygen atoms in total. The van der Waals surface area contributed by atoms with Crippen molar-refractivity contribution in [3.63, 3.8) is 0 Å². The average molecular weight is 235 g/mol. The minimum Gasteiger partial charge on any atom is -0.491 e. The molecule has 1 fully saturated rings. The van der Waals surface area contributed by atoms with Crippen LogP contribution in [0.4, 0.5) is 0 Å². The molecule has 0 bridgehead atoms. The monoisotopic (exact) mass is 235 g/mol. The van der Waals surface area contributed by atoms with Crippen LogP contribution in [0.15, 0.2) is 24.3 Å². The van der Waals surface area contributed by atoms with E-state index in [1.807, 2.05) is 31.2 Å². The maximum atomic E-state index is 11.3. The lowest BCUT2D eigenvalue weighted by atomic mass is 9.99. The summed E-state index contributed by atoms with van der Waals surface area (Å²) in [6.07, 6.45) is 1.50. The highest BCUT2D eigenvalue weighted by Gasteiger charge is 2.42. The third kappa shape index (κ3) is 2.58. The van der Waals surface area contributed by atoms with Crippen LogP contribution in [0.5, 0.6) is 5.75 Å². The standard InChI is InChI=1S/C13H17NO3/c1-10-4-2-5-11(8-10)17-9-13(12(15)16)6-3-7-14-13/h2,4-5,8,14H,3,6-7,9H2,1H3,(H,15,16). The van der Waals surface area contributed by atoms with Crippen molar-refractivity contribution in [2.75, 3.05) is 13.2 Å². The Balaban J connectivity index is 2.03. The third-order valence-corrected chi connectivity index (χ3v) is 3.13. The Hall–Kier alpha value is -1.55. The fourth-order valence-corrected chi connectivity index (χ4v) is 2.09. The van der Waals surface area contributed by atoms with Gasteiger partial charge in [-0.3, -0.25) is 10.1 Å². The zero-order chi connectivity index (χ0) is 12.3. The predicted molar refractivity (Wildman–Crippen MR) is 64.3 cm³/mol. The molecule has 92 valence electrons. The van der Waals surface area contributed by atoms with Gasteiger partial charge in [0.15, 0.2) is 5.54 Å². The molecule has 0 aliphatic carbocycles. The summed E-state index contributed by atoms with van der Waals surface area (Å²) in [6.45, 7) is 2.89. The third-order valence-electron chi connectivity index (χ3n) is 3.13. The van der Waals surface area contributed by atoms with Gasteiger partial charge in [-0.15, -0.1) is 0 Å². The minimum atomic E-state index is -0.913. The predicted octanol–water partition coefficient (Wildman–Crippen LogP) is 1.58. The zero-order valence-electron chi connectivity index (χ0n) is 9.90. The number of carboxylic acid groups (broad SMARTS) is 1. The van der Waals surface area contributed by atoms with Gasteiger partial charge in [-0.2, -0.15) is 0 Å². The highest BCUT2D eigenvalue weighted by atomic mass is 16.5. The van der Waals surface area contributed by atoms with Gasteiger partial charge in [0.05, 0.1) is 0 Å². The highest BCUT2D eigenvalue weighted by molar-refractivity contribution is 5.79. The van der Waals surface area contributed by atoms with Gasteiger partial charge >= 0.3 is 5.97 Å². The van der Waals surface area contributed by atoms with E-state index >= 15 is 0 Å². The number of carbonyl (C=O) groups is 1. The van der Waals surface area contributed by atoms with Gasteiger partial charge in [-0.25, -0.2) is 0 Å². The fourth-order valence-electron chi connectivity index (χ4n) is 2.09. The Morgan fingerprint density at radius 1 is 1.59 bits per heavy atom. The number of ether oxygens (including phenoxy) is 1. The van der Waals surface area contributed by atoms with Crippen molar-refractivity contribution in [3.05, 3.63) is 29.8 Å². The van der Waals surface area contributed by atoms with Crippen molar-refractivity contribution in [2.24, 2.45) is 0 Å². The van der Waals surface area contributed by atoms with Gasteiger partial charge in [-0.1, -0.05) is 12.1 Å². The van der Waals surface area contributed by atoms with Crippen LogP contribution in [0.2, 0.25) is 0 Å². The first-order chi connectivity index (χ1) is 8.12. The van der Waals surface area contributed by atoms with E-state index in [4.69, 9.17) is 4.74 Å². The maximum absolute atomic E-state index is 11.3. The van der Waals surface area contributed by atoms with Gasteiger partial charge in [0.1, 0.15) is 12.4 Å². The summed E-state index contributed by atoms with van der Waals surface area (Å²) in [5, 5.41) is 12.3. The second kappa shape index (κ2) is 4.75. The molecule has 1 atom stereocenters. The molecular formula is C13H17NO3. The van der Waals surface area contributed by atoms with Crippen molar-refractivity contribution >= 4 is 5.97 Å². The van der Waals surface area contributed by atoms with E-state index in [9.17, 15) is 9.90 Å². The molecule has 1 aromatic carbocycles. The highest BCUT2D eigenvalue weighted by Crippen LogP contribution is 2.22. The van der Waals surface area contributed by atoms with Crippen LogP contribution in [-0.2, 0) is 4.79 Å². The summed E-state index contributed by atoms with van der Waals surface area (Å²) in [6, 6.07) is 7.63. The molecule has 1 saturated heterocycles. The van der Waals surface area contributed by atoms with E-state index in [2.05, 4.69) is 5.32 Å². The molecule has 4 heteroatoms. The Labute approximate surface area is 101 Å². The van der Waals surface area contributed by atoms with Gasteiger partial charge in [-0.05, 0) is 44.0 Å². The van der Waals surface area contributed by atoms with Crippen molar-refractivity contribution in [1.29, 1.82) is 0 Å². The molecule has 0 radical (unpaired) electrons. The number of aryl methyl sites for hydroxylation is 1. The fraction of sp³-hybridized carbons (Fsp3) is 0.462. The van der Waals surface area contributed by atoms with Gasteiger partial charge in [0.2, 0.25) is 0 Å². The first-order valence-corrected chi connectivity index (χ1v) is 5.80. The summed E-state index contributed by atoms with van der Waals surface area (Å²) >= 11 is 0. The summed E-state index contributed by atoms with van der Waals surface area (Å²) in [4.78, 5) is 11.3. The van der Waals surface area contributed by atoms with Crippen molar-refractivity contribution in [2.45, 2.75) is 25.3 Å². The van der Waals surface area contributed by atoms with E-state index in [-0.39, 0.29) is 6.61 Å². The van der Waals surface area contributed by atoms with Crippen LogP contribution >= 0.6 is 0 Å². The molecule has 17 heavy (non-hydrogen) atoms. The Bertz CT molecular complexity index is 411. The molecule has 0 spiro atoms. The zero-order valence-corrected chi connectivity index (χ0v) is 9.90. The van der Waals surface area contributed by atoms with Crippen LogP contribution in [0.25, 0.3) is 0 Å². The average Bonchev–Trinajstić information content (AvgIpc) is 2.76. The van der Waals surface area contributed by atoms with E-state index in [1.54, 1.807) is 0 Å². The minimum absolute atomic E-state index is 0.172. The number of nitrogens with one attached hydrogen (secondary N) is 1. The van der Waals surface area contributed by atoms with Crippen LogP contribution in [0.1, 0.15) is 18.4 Å². The number of hydrogen-bond acceptors (Lipinski definition) is 3. The lowest BCUT2D eigenvalue weighted by Gasteiger charge is -2.24. The van der Waals surface area contributed by atoms with Gasteiger partial charge in [0, 0.05) is 0 Å². The quantitative estimate of drug-likeness (QED) is 0.832. The molecule has 2 rings (SSSR count). The number of rotatable bonds is 4. The van der Waals surface area contributed by atoms with E-state index in [0.717, 1.165) is 24.3 Å². The van der Waals surface area contributed by atoms with E-state index < -0.39 is 11.5 Å². The molecular weight excluding hydrogens is 218 g/mol. The normalized spacial score (nSPS) is 23.6. The number of aliphatic carboxylic acids is 1. The van der Waals surface area contributed by atoms with Crippen LogP contribution < -0.4 is 10.1 Å². The molecule has 0 amide bonds. The van der Waals surface area contributed by atoms with E-state index in [1.165, 1.54) is 0 Å². The van der Waals surface area contributed by atoms with Crippen LogP contribution in [0.3, 0.4) is 0 Å². The molecule has 0 aromatic heterocycles. The van der Waals surface area contributed by atoms with Crippen LogP contribution in [-0.4, -0.2) is 29.8 Å². The number of benzene rings is 1. The summed E-state index contributed by atoms with van der Waals surface area (Å²) < 4.78 is 5.59. The second-order valence-corrected chi connectivity index (χ2v) is 4.52. The summed E-state index contributed by atoms with van der Waals surface area (Å²) in [5.74, 6) is -0.109. The summed E-state index contributed by atoms with van der Waals surface area (Å²) in [5.41, 5.74) is 0.190. The van der Waals surface area contributed by atoms with Gasteiger partial charge < -0.3 is 9.84 Å². The topological polar surface area (TPSA) is 58.6 Å². The number of carboxylic acids is 1. The summed E-state index contributed by atoms with van der Waals surface area (Å²) in [7, 11) is 0. The first kappa shape index (κ1) is 11.9. The second-order valence-electron chi connectivity index (χ2n) is 4.52. The lowest BCUT2D eigenvalue weighted by molar-refractivity contribution is -0.145. The van der Waals surface area contributed by atoms with Crippen molar-refractivity contribution < 1.29 is 14.6 Å². The molecule has 1 heterocycles. The molecule has 1 aliphatic heterocycles. The lowest BCUT2D eigenvalue weighted by Crippen LogP contribution is -2.52. The largest absolute Gasteiger partial charge is 0.491 e. The van der Waals surface area contributed by atoms with E-state index in [0.29, 0.717) is 6.42 Å². The maximum Gasteiger partial charge on any atom is 0.327 e. The number of hydrogen-bond donors (Lipinski definition) is 2. The van der Waals surface area contributed by atoms with Crippen molar-refractivity contribution in [3.8, 4) is 5.75 Å². The molecule has 1 aliphatic rings.